The van der Waals surface area contributed by atoms with Crippen LogP contribution in [0.3, 0.4) is 0 Å². The molecule has 2 aromatic carbocycles. The molecule has 0 saturated carbocycles. The lowest BCUT2D eigenvalue weighted by Crippen LogP contribution is -2.46. The molecule has 31 heavy (non-hydrogen) atoms. The average molecular weight is 420 g/mol. The molecule has 1 atom stereocenters. The van der Waals surface area contributed by atoms with Gasteiger partial charge in [0.15, 0.2) is 0 Å². The van der Waals surface area contributed by atoms with Crippen LogP contribution in [0.25, 0.3) is 0 Å². The normalized spacial score (nSPS) is 18.6. The molecule has 0 aromatic heterocycles. The highest BCUT2D eigenvalue weighted by atomic mass is 16.2. The van der Waals surface area contributed by atoms with E-state index in [1.165, 1.54) is 23.2 Å². The van der Waals surface area contributed by atoms with Crippen LogP contribution in [0.15, 0.2) is 54.6 Å². The summed E-state index contributed by atoms with van der Waals surface area (Å²) in [4.78, 5) is 29.3. The van der Waals surface area contributed by atoms with Gasteiger partial charge in [0, 0.05) is 44.8 Å². The lowest BCUT2D eigenvalue weighted by molar-refractivity contribution is -0.138. The number of aryl methyl sites for hydroxylation is 1. The van der Waals surface area contributed by atoms with Gasteiger partial charge in [-0.1, -0.05) is 48.5 Å². The summed E-state index contributed by atoms with van der Waals surface area (Å²) < 4.78 is 0. The second kappa shape index (κ2) is 10.5. The Hall–Kier alpha value is -2.82. The van der Waals surface area contributed by atoms with E-state index in [0.717, 1.165) is 32.4 Å². The van der Waals surface area contributed by atoms with Crippen molar-refractivity contribution in [3.05, 3.63) is 65.7 Å². The number of amides is 2. The number of para-hydroxylation sites is 1. The van der Waals surface area contributed by atoms with E-state index in [0.29, 0.717) is 32.5 Å². The molecular weight excluding hydrogens is 386 g/mol. The molecule has 1 fully saturated rings. The maximum atomic E-state index is 12.7. The third kappa shape index (κ3) is 5.66. The van der Waals surface area contributed by atoms with Gasteiger partial charge in [-0.25, -0.2) is 0 Å². The molecule has 164 valence electrons. The first kappa shape index (κ1) is 21.4. The maximum absolute atomic E-state index is 12.7. The second-order valence-corrected chi connectivity index (χ2v) is 8.67. The van der Waals surface area contributed by atoms with Crippen LogP contribution in [0.1, 0.15) is 36.8 Å². The van der Waals surface area contributed by atoms with E-state index >= 15 is 0 Å². The van der Waals surface area contributed by atoms with Crippen molar-refractivity contribution < 1.29 is 9.59 Å². The summed E-state index contributed by atoms with van der Waals surface area (Å²) in [5, 5.41) is 3.12. The summed E-state index contributed by atoms with van der Waals surface area (Å²) in [5.74, 6) is 0.171. The van der Waals surface area contributed by atoms with Crippen LogP contribution in [0.4, 0.5) is 5.69 Å². The number of nitrogens with one attached hydrogen (secondary N) is 1. The molecule has 5 nitrogen and oxygen atoms in total. The minimum Gasteiger partial charge on any atom is -0.371 e. The lowest BCUT2D eigenvalue weighted by atomic mass is 9.96. The predicted molar refractivity (Wildman–Crippen MR) is 124 cm³/mol. The van der Waals surface area contributed by atoms with Crippen molar-refractivity contribution in [1.82, 2.24) is 10.2 Å². The summed E-state index contributed by atoms with van der Waals surface area (Å²) in [6.07, 6.45) is 5.24. The van der Waals surface area contributed by atoms with Gasteiger partial charge < -0.3 is 15.1 Å². The first-order valence-corrected chi connectivity index (χ1v) is 11.6. The van der Waals surface area contributed by atoms with E-state index < -0.39 is 0 Å². The quantitative estimate of drug-likeness (QED) is 0.667. The third-order valence-corrected chi connectivity index (χ3v) is 6.49. The summed E-state index contributed by atoms with van der Waals surface area (Å²) in [6.45, 7) is 3.96. The number of benzene rings is 2. The fourth-order valence-electron chi connectivity index (χ4n) is 4.72. The average Bonchev–Trinajstić information content (AvgIpc) is 2.82. The number of likely N-dealkylation sites (tertiary alicyclic amines) is 1. The molecule has 2 amide bonds. The van der Waals surface area contributed by atoms with Crippen molar-refractivity contribution in [2.75, 3.05) is 37.6 Å². The van der Waals surface area contributed by atoms with Crippen molar-refractivity contribution in [3.63, 3.8) is 0 Å². The Balaban J connectivity index is 1.20. The van der Waals surface area contributed by atoms with Crippen LogP contribution in [-0.4, -0.2) is 49.4 Å². The predicted octanol–water partition coefficient (Wildman–Crippen LogP) is 3.43. The van der Waals surface area contributed by atoms with Crippen LogP contribution >= 0.6 is 0 Å². The van der Waals surface area contributed by atoms with E-state index in [9.17, 15) is 9.59 Å². The molecule has 5 heteroatoms. The maximum Gasteiger partial charge on any atom is 0.224 e. The zero-order valence-electron chi connectivity index (χ0n) is 18.3. The molecule has 2 aliphatic rings. The zero-order chi connectivity index (χ0) is 21.5. The smallest absolute Gasteiger partial charge is 0.224 e. The van der Waals surface area contributed by atoms with E-state index in [1.54, 1.807) is 0 Å². The molecule has 0 spiro atoms. The van der Waals surface area contributed by atoms with Crippen LogP contribution in [0.2, 0.25) is 0 Å². The molecule has 0 aliphatic carbocycles. The van der Waals surface area contributed by atoms with Crippen molar-refractivity contribution in [2.24, 2.45) is 5.92 Å². The molecular formula is C26H33N3O2. The second-order valence-electron chi connectivity index (χ2n) is 8.67. The Labute approximate surface area is 185 Å². The Morgan fingerprint density at radius 2 is 1.77 bits per heavy atom. The Morgan fingerprint density at radius 1 is 0.968 bits per heavy atom. The number of carbonyl (C=O) groups is 2. The molecule has 0 radical (unpaired) electrons. The lowest BCUT2D eigenvalue weighted by Gasteiger charge is -2.32. The van der Waals surface area contributed by atoms with Gasteiger partial charge >= 0.3 is 0 Å². The number of piperidine rings is 1. The van der Waals surface area contributed by atoms with E-state index in [4.69, 9.17) is 0 Å². The number of rotatable bonds is 8. The molecule has 0 bridgehead atoms. The molecule has 0 unspecified atom stereocenters. The molecule has 2 aromatic rings. The van der Waals surface area contributed by atoms with Gasteiger partial charge in [-0.05, 0) is 49.3 Å². The summed E-state index contributed by atoms with van der Waals surface area (Å²) >= 11 is 0. The molecule has 1 N–H and O–H groups in total. The van der Waals surface area contributed by atoms with Crippen LogP contribution in [0.5, 0.6) is 0 Å². The standard InChI is InChI=1S/C26H33N3O2/c30-25-14-13-23(20-29(25)19-15-21-8-2-1-3-9-21)26(31)27-16-7-18-28-17-6-11-22-10-4-5-12-24(22)28/h1-5,8-10,12,23H,6-7,11,13-20H2,(H,27,31)/t23-/m0/s1. The van der Waals surface area contributed by atoms with Crippen molar-refractivity contribution in [2.45, 2.75) is 38.5 Å². The molecule has 2 aliphatic heterocycles. The molecule has 2 heterocycles. The number of hydrogen-bond acceptors (Lipinski definition) is 3. The van der Waals surface area contributed by atoms with Crippen molar-refractivity contribution >= 4 is 17.5 Å². The number of hydrogen-bond donors (Lipinski definition) is 1. The zero-order valence-corrected chi connectivity index (χ0v) is 18.3. The highest BCUT2D eigenvalue weighted by molar-refractivity contribution is 5.83. The number of nitrogens with zero attached hydrogens (tertiary/aromatic N) is 2. The molecule has 4 rings (SSSR count). The van der Waals surface area contributed by atoms with E-state index in [1.807, 2.05) is 23.1 Å². The van der Waals surface area contributed by atoms with Gasteiger partial charge in [-0.15, -0.1) is 0 Å². The number of fused-ring (bicyclic) bond motifs is 1. The first-order valence-electron chi connectivity index (χ1n) is 11.6. The van der Waals surface area contributed by atoms with Gasteiger partial charge in [-0.2, -0.15) is 0 Å². The Bertz CT molecular complexity index is 883. The summed E-state index contributed by atoms with van der Waals surface area (Å²) in [6, 6.07) is 18.8. The van der Waals surface area contributed by atoms with Crippen LogP contribution in [-0.2, 0) is 22.4 Å². The van der Waals surface area contributed by atoms with Gasteiger partial charge in [0.2, 0.25) is 11.8 Å². The van der Waals surface area contributed by atoms with Crippen molar-refractivity contribution in [1.29, 1.82) is 0 Å². The SMILES string of the molecule is O=C(NCCCN1CCCc2ccccc21)[C@H]1CCC(=O)N(CCc2ccccc2)C1. The van der Waals surface area contributed by atoms with Gasteiger partial charge in [0.05, 0.1) is 5.92 Å². The van der Waals surface area contributed by atoms with Gasteiger partial charge in [-0.3, -0.25) is 9.59 Å². The Kier molecular flexibility index (Phi) is 7.23. The highest BCUT2D eigenvalue weighted by Gasteiger charge is 2.29. The minimum atomic E-state index is -0.0933. The summed E-state index contributed by atoms with van der Waals surface area (Å²) in [5.41, 5.74) is 4.00. The number of anilines is 1. The summed E-state index contributed by atoms with van der Waals surface area (Å²) in [7, 11) is 0. The minimum absolute atomic E-state index is 0.0933. The van der Waals surface area contributed by atoms with E-state index in [-0.39, 0.29) is 17.7 Å². The number of carbonyl (C=O) groups excluding carboxylic acids is 2. The third-order valence-electron chi connectivity index (χ3n) is 6.49. The Morgan fingerprint density at radius 3 is 2.65 bits per heavy atom. The fourth-order valence-corrected chi connectivity index (χ4v) is 4.72. The van der Waals surface area contributed by atoms with E-state index in [2.05, 4.69) is 46.6 Å². The van der Waals surface area contributed by atoms with Gasteiger partial charge in [0.25, 0.3) is 0 Å². The monoisotopic (exact) mass is 419 g/mol. The van der Waals surface area contributed by atoms with Crippen molar-refractivity contribution in [3.8, 4) is 0 Å². The molecule has 1 saturated heterocycles. The largest absolute Gasteiger partial charge is 0.371 e. The highest BCUT2D eigenvalue weighted by Crippen LogP contribution is 2.26. The first-order chi connectivity index (χ1) is 15.2. The van der Waals surface area contributed by atoms with Crippen LogP contribution < -0.4 is 10.2 Å². The fraction of sp³-hybridized carbons (Fsp3) is 0.462. The topological polar surface area (TPSA) is 52.7 Å². The van der Waals surface area contributed by atoms with Crippen LogP contribution in [0, 0.1) is 5.92 Å². The van der Waals surface area contributed by atoms with Gasteiger partial charge in [0.1, 0.15) is 0 Å².